The van der Waals surface area contributed by atoms with Crippen molar-refractivity contribution in [3.05, 3.63) is 59.7 Å². The molecule has 3 N–H and O–H groups in total. The summed E-state index contributed by atoms with van der Waals surface area (Å²) in [6.07, 6.45) is 1.62. The fraction of sp³-hybridized carbons (Fsp3) is 0.188. The molecule has 0 aliphatic carbocycles. The number of carbonyl (C=O) groups is 1. The third kappa shape index (κ3) is 3.75. The van der Waals surface area contributed by atoms with Gasteiger partial charge in [0.15, 0.2) is 0 Å². The molecule has 2 rings (SSSR count). The van der Waals surface area contributed by atoms with Crippen LogP contribution in [-0.2, 0) is 11.2 Å². The predicted octanol–water partition coefficient (Wildman–Crippen LogP) is 2.76. The van der Waals surface area contributed by atoms with E-state index in [9.17, 15) is 9.90 Å². The number of hydrogen-bond donors (Lipinski definition) is 2. The van der Waals surface area contributed by atoms with Crippen LogP contribution in [0.4, 0.5) is 5.69 Å². The van der Waals surface area contributed by atoms with Crippen molar-refractivity contribution in [1.29, 1.82) is 0 Å². The lowest BCUT2D eigenvalue weighted by atomic mass is 10.1. The molecule has 4 nitrogen and oxygen atoms in total. The zero-order chi connectivity index (χ0) is 14.4. The van der Waals surface area contributed by atoms with Crippen LogP contribution in [0.3, 0.4) is 0 Å². The number of rotatable bonds is 5. The standard InChI is InChI=1S/C16H17NO3/c17-14-9-8-13(11-15(14)18)16(19)20-10-4-7-12-5-2-1-3-6-12/h1-3,5-6,8-9,11,18H,4,7,10,17H2. The number of benzene rings is 2. The number of aromatic hydroxyl groups is 1. The van der Waals surface area contributed by atoms with Gasteiger partial charge < -0.3 is 15.6 Å². The largest absolute Gasteiger partial charge is 0.506 e. The Morgan fingerprint density at radius 3 is 2.60 bits per heavy atom. The molecule has 0 aliphatic rings. The van der Waals surface area contributed by atoms with E-state index in [1.807, 2.05) is 30.3 Å². The molecule has 4 heteroatoms. The first kappa shape index (κ1) is 13.9. The van der Waals surface area contributed by atoms with Crippen molar-refractivity contribution in [2.75, 3.05) is 12.3 Å². The van der Waals surface area contributed by atoms with Crippen LogP contribution in [0.15, 0.2) is 48.5 Å². The summed E-state index contributed by atoms with van der Waals surface area (Å²) in [7, 11) is 0. The van der Waals surface area contributed by atoms with Crippen LogP contribution in [0.2, 0.25) is 0 Å². The van der Waals surface area contributed by atoms with Crippen molar-refractivity contribution in [1.82, 2.24) is 0 Å². The maximum Gasteiger partial charge on any atom is 0.338 e. The second-order valence-electron chi connectivity index (χ2n) is 4.50. The van der Waals surface area contributed by atoms with Crippen LogP contribution in [-0.4, -0.2) is 17.7 Å². The lowest BCUT2D eigenvalue weighted by molar-refractivity contribution is 0.0500. The number of phenols is 1. The van der Waals surface area contributed by atoms with E-state index in [-0.39, 0.29) is 11.4 Å². The summed E-state index contributed by atoms with van der Waals surface area (Å²) in [6, 6.07) is 14.4. The minimum absolute atomic E-state index is 0.108. The van der Waals surface area contributed by atoms with Crippen LogP contribution >= 0.6 is 0 Å². The highest BCUT2D eigenvalue weighted by Crippen LogP contribution is 2.21. The fourth-order valence-electron chi connectivity index (χ4n) is 1.84. The Morgan fingerprint density at radius 2 is 1.90 bits per heavy atom. The SMILES string of the molecule is Nc1ccc(C(=O)OCCCc2ccccc2)cc1O. The molecule has 2 aromatic rings. The monoisotopic (exact) mass is 271 g/mol. The Labute approximate surface area is 117 Å². The highest BCUT2D eigenvalue weighted by Gasteiger charge is 2.09. The lowest BCUT2D eigenvalue weighted by Gasteiger charge is -2.06. The molecule has 104 valence electrons. The number of ether oxygens (including phenoxy) is 1. The van der Waals surface area contributed by atoms with Crippen molar-refractivity contribution in [2.24, 2.45) is 0 Å². The van der Waals surface area contributed by atoms with Crippen molar-refractivity contribution in [3.8, 4) is 5.75 Å². The topological polar surface area (TPSA) is 72.6 Å². The molecule has 0 fully saturated rings. The van der Waals surface area contributed by atoms with E-state index >= 15 is 0 Å². The van der Waals surface area contributed by atoms with Gasteiger partial charge in [-0.05, 0) is 36.6 Å². The molecule has 0 saturated heterocycles. The van der Waals surface area contributed by atoms with E-state index in [4.69, 9.17) is 10.5 Å². The molecular formula is C16H17NO3. The maximum atomic E-state index is 11.7. The Hall–Kier alpha value is -2.49. The van der Waals surface area contributed by atoms with E-state index < -0.39 is 5.97 Å². The van der Waals surface area contributed by atoms with Crippen LogP contribution in [0.1, 0.15) is 22.3 Å². The highest BCUT2D eigenvalue weighted by molar-refractivity contribution is 5.90. The van der Waals surface area contributed by atoms with Crippen LogP contribution in [0.25, 0.3) is 0 Å². The fourth-order valence-corrected chi connectivity index (χ4v) is 1.84. The summed E-state index contributed by atoms with van der Waals surface area (Å²) in [6.45, 7) is 0.346. The summed E-state index contributed by atoms with van der Waals surface area (Å²) in [4.78, 5) is 11.7. The van der Waals surface area contributed by atoms with Gasteiger partial charge >= 0.3 is 5.97 Å². The number of carbonyl (C=O) groups excluding carboxylic acids is 1. The second-order valence-corrected chi connectivity index (χ2v) is 4.50. The molecule has 0 aliphatic heterocycles. The van der Waals surface area contributed by atoms with Gasteiger partial charge in [-0.3, -0.25) is 0 Å². The average Bonchev–Trinajstić information content (AvgIpc) is 2.47. The molecule has 0 spiro atoms. The minimum Gasteiger partial charge on any atom is -0.506 e. The molecule has 20 heavy (non-hydrogen) atoms. The first-order valence-electron chi connectivity index (χ1n) is 6.46. The van der Waals surface area contributed by atoms with Gasteiger partial charge in [0, 0.05) is 0 Å². The Bertz CT molecular complexity index is 582. The minimum atomic E-state index is -0.451. The summed E-state index contributed by atoms with van der Waals surface area (Å²) in [5.74, 6) is -0.558. The molecule has 0 radical (unpaired) electrons. The average molecular weight is 271 g/mol. The molecular weight excluding hydrogens is 254 g/mol. The van der Waals surface area contributed by atoms with E-state index in [2.05, 4.69) is 0 Å². The Kier molecular flexibility index (Phi) is 4.60. The summed E-state index contributed by atoms with van der Waals surface area (Å²) in [5, 5.41) is 9.44. The Morgan fingerprint density at radius 1 is 1.15 bits per heavy atom. The molecule has 0 unspecified atom stereocenters. The Balaban J connectivity index is 1.79. The number of nitrogen functional groups attached to an aromatic ring is 1. The van der Waals surface area contributed by atoms with Gasteiger partial charge in [-0.25, -0.2) is 4.79 Å². The molecule has 0 heterocycles. The van der Waals surface area contributed by atoms with Gasteiger partial charge in [-0.1, -0.05) is 30.3 Å². The van der Waals surface area contributed by atoms with Crippen LogP contribution in [0, 0.1) is 0 Å². The van der Waals surface area contributed by atoms with Gasteiger partial charge in [0.05, 0.1) is 17.9 Å². The number of phenolic OH excluding ortho intramolecular Hbond substituents is 1. The van der Waals surface area contributed by atoms with Crippen molar-refractivity contribution < 1.29 is 14.6 Å². The lowest BCUT2D eigenvalue weighted by Crippen LogP contribution is -2.07. The molecule has 0 atom stereocenters. The van der Waals surface area contributed by atoms with E-state index in [0.717, 1.165) is 12.8 Å². The van der Waals surface area contributed by atoms with Gasteiger partial charge in [0.2, 0.25) is 0 Å². The number of anilines is 1. The van der Waals surface area contributed by atoms with E-state index in [1.54, 1.807) is 0 Å². The van der Waals surface area contributed by atoms with Crippen LogP contribution in [0.5, 0.6) is 5.75 Å². The van der Waals surface area contributed by atoms with Crippen molar-refractivity contribution in [3.63, 3.8) is 0 Å². The zero-order valence-electron chi connectivity index (χ0n) is 11.1. The molecule has 0 aromatic heterocycles. The maximum absolute atomic E-state index is 11.7. The quantitative estimate of drug-likeness (QED) is 0.379. The van der Waals surface area contributed by atoms with Crippen molar-refractivity contribution >= 4 is 11.7 Å². The third-order valence-corrected chi connectivity index (χ3v) is 2.95. The van der Waals surface area contributed by atoms with Gasteiger partial charge in [0.1, 0.15) is 5.75 Å². The highest BCUT2D eigenvalue weighted by atomic mass is 16.5. The normalized spacial score (nSPS) is 10.2. The van der Waals surface area contributed by atoms with Crippen LogP contribution < -0.4 is 5.73 Å². The molecule has 0 bridgehead atoms. The van der Waals surface area contributed by atoms with E-state index in [0.29, 0.717) is 12.2 Å². The number of hydrogen-bond acceptors (Lipinski definition) is 4. The summed E-state index contributed by atoms with van der Waals surface area (Å²) >= 11 is 0. The number of esters is 1. The molecule has 0 saturated carbocycles. The first-order valence-corrected chi connectivity index (χ1v) is 6.46. The van der Waals surface area contributed by atoms with E-state index in [1.165, 1.54) is 23.8 Å². The van der Waals surface area contributed by atoms with Gasteiger partial charge in [-0.15, -0.1) is 0 Å². The third-order valence-electron chi connectivity index (χ3n) is 2.95. The molecule has 0 amide bonds. The first-order chi connectivity index (χ1) is 9.66. The molecule has 2 aromatic carbocycles. The number of aryl methyl sites for hydroxylation is 1. The van der Waals surface area contributed by atoms with Gasteiger partial charge in [0.25, 0.3) is 0 Å². The smallest absolute Gasteiger partial charge is 0.338 e. The zero-order valence-corrected chi connectivity index (χ0v) is 11.1. The van der Waals surface area contributed by atoms with Crippen molar-refractivity contribution in [2.45, 2.75) is 12.8 Å². The van der Waals surface area contributed by atoms with Gasteiger partial charge in [-0.2, -0.15) is 0 Å². The predicted molar refractivity (Wildman–Crippen MR) is 77.6 cm³/mol. The summed E-state index contributed by atoms with van der Waals surface area (Å²) < 4.78 is 5.15. The second kappa shape index (κ2) is 6.61. The summed E-state index contributed by atoms with van der Waals surface area (Å²) in [5.41, 5.74) is 7.23. The number of nitrogens with two attached hydrogens (primary N) is 1.